The van der Waals surface area contributed by atoms with E-state index in [1.807, 2.05) is 26.0 Å². The number of carbonyl (C=O) groups is 2. The molecule has 2 unspecified atom stereocenters. The van der Waals surface area contributed by atoms with E-state index >= 15 is 0 Å². The molecule has 0 heterocycles. The number of nitrogens with one attached hydrogen (secondary N) is 1. The van der Waals surface area contributed by atoms with E-state index in [1.165, 1.54) is 11.0 Å². The van der Waals surface area contributed by atoms with Gasteiger partial charge in [0.25, 0.3) is 5.69 Å². The molecule has 0 aliphatic carbocycles. The van der Waals surface area contributed by atoms with Gasteiger partial charge in [-0.3, -0.25) is 19.7 Å². The number of methoxy groups -OCH3 is 1. The van der Waals surface area contributed by atoms with Gasteiger partial charge in [-0.1, -0.05) is 37.3 Å². The predicted octanol–water partition coefficient (Wildman–Crippen LogP) is 3.48. The summed E-state index contributed by atoms with van der Waals surface area (Å²) in [6.45, 7) is 5.72. The molecule has 2 amide bonds. The fraction of sp³-hybridized carbons (Fsp3) is 0.391. The van der Waals surface area contributed by atoms with Crippen molar-refractivity contribution in [1.29, 1.82) is 0 Å². The molecule has 2 aromatic rings. The Morgan fingerprint density at radius 1 is 1.13 bits per heavy atom. The first-order chi connectivity index (χ1) is 14.8. The topological polar surface area (TPSA) is 102 Å². The predicted molar refractivity (Wildman–Crippen MR) is 118 cm³/mol. The summed E-state index contributed by atoms with van der Waals surface area (Å²) in [5, 5.41) is 14.2. The van der Waals surface area contributed by atoms with Gasteiger partial charge in [0, 0.05) is 24.2 Å². The van der Waals surface area contributed by atoms with Gasteiger partial charge in [0.05, 0.1) is 18.5 Å². The van der Waals surface area contributed by atoms with Gasteiger partial charge < -0.3 is 15.0 Å². The molecule has 166 valence electrons. The fourth-order valence-electron chi connectivity index (χ4n) is 3.08. The number of nitrogens with zero attached hydrogens (tertiary/aromatic N) is 2. The molecule has 0 aromatic heterocycles. The normalized spacial score (nSPS) is 12.5. The minimum Gasteiger partial charge on any atom is -0.497 e. The van der Waals surface area contributed by atoms with Crippen LogP contribution < -0.4 is 10.1 Å². The zero-order valence-electron chi connectivity index (χ0n) is 18.3. The molecule has 0 bridgehead atoms. The van der Waals surface area contributed by atoms with Crippen LogP contribution in [0.5, 0.6) is 5.75 Å². The zero-order chi connectivity index (χ0) is 23.0. The standard InChI is InChI=1S/C23H29N3O5/c1-5-16(2)24-23(28)17(3)25(15-18-10-12-20(31-4)13-11-18)22(27)14-19-8-6-7-9-21(19)26(29)30/h6-13,16-17H,5,14-15H2,1-4H3,(H,24,28). The number of nitro groups is 1. The Hall–Kier alpha value is -3.42. The third-order valence-corrected chi connectivity index (χ3v) is 5.21. The van der Waals surface area contributed by atoms with Crippen molar-refractivity contribution >= 4 is 17.5 Å². The van der Waals surface area contributed by atoms with E-state index in [4.69, 9.17) is 4.74 Å². The number of rotatable bonds is 10. The van der Waals surface area contributed by atoms with Crippen LogP contribution in [0.2, 0.25) is 0 Å². The highest BCUT2D eigenvalue weighted by Gasteiger charge is 2.28. The molecule has 0 saturated heterocycles. The van der Waals surface area contributed by atoms with Crippen molar-refractivity contribution in [1.82, 2.24) is 10.2 Å². The first kappa shape index (κ1) is 23.9. The smallest absolute Gasteiger partial charge is 0.273 e. The van der Waals surface area contributed by atoms with Crippen molar-refractivity contribution in [3.05, 3.63) is 69.8 Å². The second-order valence-corrected chi connectivity index (χ2v) is 7.43. The van der Waals surface area contributed by atoms with Crippen LogP contribution in [0.1, 0.15) is 38.3 Å². The summed E-state index contributed by atoms with van der Waals surface area (Å²) in [6.07, 6.45) is 0.593. The summed E-state index contributed by atoms with van der Waals surface area (Å²) in [5.74, 6) is 0.0554. The Balaban J connectivity index is 2.30. The number of hydrogen-bond donors (Lipinski definition) is 1. The highest BCUT2D eigenvalue weighted by molar-refractivity contribution is 5.88. The van der Waals surface area contributed by atoms with E-state index in [-0.39, 0.29) is 36.5 Å². The lowest BCUT2D eigenvalue weighted by Crippen LogP contribution is -2.49. The minimum atomic E-state index is -0.744. The molecule has 0 radical (unpaired) electrons. The van der Waals surface area contributed by atoms with Crippen LogP contribution in [-0.2, 0) is 22.6 Å². The first-order valence-electron chi connectivity index (χ1n) is 10.2. The summed E-state index contributed by atoms with van der Waals surface area (Å²) in [5.41, 5.74) is 1.02. The Labute approximate surface area is 182 Å². The van der Waals surface area contributed by atoms with E-state index < -0.39 is 11.0 Å². The van der Waals surface area contributed by atoms with Crippen LogP contribution in [0.25, 0.3) is 0 Å². The number of carbonyl (C=O) groups excluding carboxylic acids is 2. The molecule has 1 N–H and O–H groups in total. The average Bonchev–Trinajstić information content (AvgIpc) is 2.77. The van der Waals surface area contributed by atoms with Crippen LogP contribution >= 0.6 is 0 Å². The fourth-order valence-corrected chi connectivity index (χ4v) is 3.08. The second kappa shape index (κ2) is 11.1. The summed E-state index contributed by atoms with van der Waals surface area (Å²) in [6, 6.07) is 12.6. The van der Waals surface area contributed by atoms with E-state index in [1.54, 1.807) is 44.4 Å². The van der Waals surface area contributed by atoms with Crippen molar-refractivity contribution in [3.8, 4) is 5.75 Å². The van der Waals surface area contributed by atoms with E-state index in [9.17, 15) is 19.7 Å². The SMILES string of the molecule is CCC(C)NC(=O)C(C)N(Cc1ccc(OC)cc1)C(=O)Cc1ccccc1[N+](=O)[O-]. The van der Waals surface area contributed by atoms with Gasteiger partial charge in [-0.05, 0) is 38.0 Å². The van der Waals surface area contributed by atoms with Crippen molar-refractivity contribution in [2.45, 2.75) is 52.2 Å². The molecule has 31 heavy (non-hydrogen) atoms. The molecule has 2 rings (SSSR count). The molecule has 0 aliphatic rings. The van der Waals surface area contributed by atoms with Crippen LogP contribution in [0, 0.1) is 10.1 Å². The maximum Gasteiger partial charge on any atom is 0.273 e. The number of nitro benzene ring substituents is 1. The van der Waals surface area contributed by atoms with Crippen LogP contribution in [0.15, 0.2) is 48.5 Å². The average molecular weight is 428 g/mol. The molecule has 0 spiro atoms. The lowest BCUT2D eigenvalue weighted by Gasteiger charge is -2.29. The Morgan fingerprint density at radius 3 is 2.35 bits per heavy atom. The first-order valence-corrected chi connectivity index (χ1v) is 10.2. The maximum absolute atomic E-state index is 13.2. The zero-order valence-corrected chi connectivity index (χ0v) is 18.3. The summed E-state index contributed by atoms with van der Waals surface area (Å²) in [4.78, 5) is 38.2. The third-order valence-electron chi connectivity index (χ3n) is 5.21. The molecular weight excluding hydrogens is 398 g/mol. The number of benzene rings is 2. The van der Waals surface area contributed by atoms with Gasteiger partial charge in [0.15, 0.2) is 0 Å². The van der Waals surface area contributed by atoms with Crippen molar-refractivity contribution in [3.63, 3.8) is 0 Å². The van der Waals surface area contributed by atoms with Crippen LogP contribution in [0.4, 0.5) is 5.69 Å². The lowest BCUT2D eigenvalue weighted by atomic mass is 10.1. The van der Waals surface area contributed by atoms with Gasteiger partial charge >= 0.3 is 0 Å². The highest BCUT2D eigenvalue weighted by atomic mass is 16.6. The Morgan fingerprint density at radius 2 is 1.77 bits per heavy atom. The molecule has 0 saturated carbocycles. The summed E-state index contributed by atoms with van der Waals surface area (Å²) < 4.78 is 5.17. The number of ether oxygens (including phenoxy) is 1. The molecule has 0 aliphatic heterocycles. The quantitative estimate of drug-likeness (QED) is 0.462. The number of amides is 2. The van der Waals surface area contributed by atoms with Gasteiger partial charge in [-0.15, -0.1) is 0 Å². The molecule has 8 heteroatoms. The van der Waals surface area contributed by atoms with Gasteiger partial charge in [0.1, 0.15) is 11.8 Å². The number of para-hydroxylation sites is 1. The Kier molecular flexibility index (Phi) is 8.54. The maximum atomic E-state index is 13.2. The molecule has 0 fully saturated rings. The highest BCUT2D eigenvalue weighted by Crippen LogP contribution is 2.21. The molecule has 2 aromatic carbocycles. The summed E-state index contributed by atoms with van der Waals surface area (Å²) in [7, 11) is 1.57. The Bertz CT molecular complexity index is 914. The molecule has 8 nitrogen and oxygen atoms in total. The van der Waals surface area contributed by atoms with Crippen molar-refractivity contribution < 1.29 is 19.2 Å². The van der Waals surface area contributed by atoms with Gasteiger partial charge in [-0.25, -0.2) is 0 Å². The van der Waals surface area contributed by atoms with Crippen molar-refractivity contribution in [2.75, 3.05) is 7.11 Å². The molecular formula is C23H29N3O5. The van der Waals surface area contributed by atoms with Crippen LogP contribution in [-0.4, -0.2) is 40.8 Å². The van der Waals surface area contributed by atoms with E-state index in [0.717, 1.165) is 12.0 Å². The van der Waals surface area contributed by atoms with Crippen LogP contribution in [0.3, 0.4) is 0 Å². The number of hydrogen-bond acceptors (Lipinski definition) is 5. The minimum absolute atomic E-state index is 0.0249. The lowest BCUT2D eigenvalue weighted by molar-refractivity contribution is -0.385. The van der Waals surface area contributed by atoms with Crippen molar-refractivity contribution in [2.24, 2.45) is 0 Å². The summed E-state index contributed by atoms with van der Waals surface area (Å²) >= 11 is 0. The monoisotopic (exact) mass is 427 g/mol. The second-order valence-electron chi connectivity index (χ2n) is 7.43. The largest absolute Gasteiger partial charge is 0.497 e. The van der Waals surface area contributed by atoms with Gasteiger partial charge in [-0.2, -0.15) is 0 Å². The molecule has 2 atom stereocenters. The third kappa shape index (κ3) is 6.53. The van der Waals surface area contributed by atoms with E-state index in [0.29, 0.717) is 11.3 Å². The van der Waals surface area contributed by atoms with Gasteiger partial charge in [0.2, 0.25) is 11.8 Å². The van der Waals surface area contributed by atoms with E-state index in [2.05, 4.69) is 5.32 Å².